The Kier molecular flexibility index (Phi) is 6.01. The van der Waals surface area contributed by atoms with Crippen molar-refractivity contribution in [2.24, 2.45) is 5.92 Å². The van der Waals surface area contributed by atoms with Crippen LogP contribution in [0.15, 0.2) is 42.5 Å². The predicted octanol–water partition coefficient (Wildman–Crippen LogP) is 2.45. The van der Waals surface area contributed by atoms with Gasteiger partial charge in [-0.1, -0.05) is 18.2 Å². The number of hydrogen-bond acceptors (Lipinski definition) is 3. The average Bonchev–Trinajstić information content (AvgIpc) is 2.66. The Morgan fingerprint density at radius 3 is 2.74 bits per heavy atom. The van der Waals surface area contributed by atoms with E-state index in [4.69, 9.17) is 4.74 Å². The van der Waals surface area contributed by atoms with E-state index in [9.17, 15) is 18.4 Å². The van der Waals surface area contributed by atoms with Crippen LogP contribution in [0.4, 0.5) is 8.78 Å². The summed E-state index contributed by atoms with van der Waals surface area (Å²) in [5.74, 6) is -1.51. The number of carbonyl (C=O) groups is 2. The molecular formula is C20H20F2N2O3. The molecule has 0 spiro atoms. The molecule has 1 aliphatic heterocycles. The molecule has 27 heavy (non-hydrogen) atoms. The van der Waals surface area contributed by atoms with E-state index >= 15 is 0 Å². The lowest BCUT2D eigenvalue weighted by molar-refractivity contribution is -0.121. The van der Waals surface area contributed by atoms with Crippen molar-refractivity contribution >= 4 is 11.8 Å². The van der Waals surface area contributed by atoms with Gasteiger partial charge in [0.1, 0.15) is 17.4 Å². The van der Waals surface area contributed by atoms with E-state index < -0.39 is 17.5 Å². The third-order valence-corrected chi connectivity index (χ3v) is 4.36. The largest absolute Gasteiger partial charge is 0.493 e. The Morgan fingerprint density at radius 1 is 1.11 bits per heavy atom. The maximum absolute atomic E-state index is 13.5. The van der Waals surface area contributed by atoms with Crippen LogP contribution in [0.25, 0.3) is 0 Å². The quantitative estimate of drug-likeness (QED) is 0.816. The van der Waals surface area contributed by atoms with Gasteiger partial charge in [0.15, 0.2) is 0 Å². The van der Waals surface area contributed by atoms with Gasteiger partial charge in [-0.15, -0.1) is 0 Å². The molecule has 0 aromatic heterocycles. The van der Waals surface area contributed by atoms with Crippen LogP contribution in [0, 0.1) is 17.6 Å². The van der Waals surface area contributed by atoms with Crippen LogP contribution in [0.5, 0.6) is 5.75 Å². The Hall–Kier alpha value is -2.96. The minimum Gasteiger partial charge on any atom is -0.493 e. The number of para-hydroxylation sites is 1. The molecule has 0 saturated heterocycles. The first kappa shape index (κ1) is 18.8. The van der Waals surface area contributed by atoms with Crippen LogP contribution in [-0.2, 0) is 11.2 Å². The van der Waals surface area contributed by atoms with Crippen LogP contribution < -0.4 is 15.4 Å². The Labute approximate surface area is 155 Å². The summed E-state index contributed by atoms with van der Waals surface area (Å²) in [5, 5.41) is 5.28. The van der Waals surface area contributed by atoms with Crippen molar-refractivity contribution in [2.45, 2.75) is 12.8 Å². The second kappa shape index (κ2) is 8.62. The van der Waals surface area contributed by atoms with Crippen LogP contribution in [-0.4, -0.2) is 31.5 Å². The number of rotatable bonds is 6. The van der Waals surface area contributed by atoms with E-state index in [2.05, 4.69) is 10.6 Å². The molecule has 0 aliphatic carbocycles. The number of hydrogen-bond donors (Lipinski definition) is 2. The van der Waals surface area contributed by atoms with E-state index in [1.54, 1.807) is 0 Å². The summed E-state index contributed by atoms with van der Waals surface area (Å²) in [6.07, 6.45) is 0.899. The van der Waals surface area contributed by atoms with E-state index in [1.165, 1.54) is 0 Å². The molecule has 1 heterocycles. The number of carbonyl (C=O) groups excluding carboxylic acids is 2. The normalized spacial score (nSPS) is 15.4. The molecule has 5 nitrogen and oxygen atoms in total. The third kappa shape index (κ3) is 5.03. The highest BCUT2D eigenvalue weighted by Crippen LogP contribution is 2.26. The summed E-state index contributed by atoms with van der Waals surface area (Å²) < 4.78 is 32.1. The highest BCUT2D eigenvalue weighted by molar-refractivity contribution is 5.94. The molecule has 1 unspecified atom stereocenters. The number of nitrogens with one attached hydrogen (secondary N) is 2. The van der Waals surface area contributed by atoms with Gasteiger partial charge in [0.05, 0.1) is 12.2 Å². The van der Waals surface area contributed by atoms with Crippen molar-refractivity contribution in [1.29, 1.82) is 0 Å². The minimum absolute atomic E-state index is 0.0610. The fraction of sp³-hybridized carbons (Fsp3) is 0.300. The second-order valence-electron chi connectivity index (χ2n) is 6.42. The van der Waals surface area contributed by atoms with Crippen molar-refractivity contribution < 1.29 is 23.1 Å². The van der Waals surface area contributed by atoms with Crippen LogP contribution in [0.2, 0.25) is 0 Å². The first-order chi connectivity index (χ1) is 13.0. The van der Waals surface area contributed by atoms with Gasteiger partial charge in [-0.05, 0) is 30.2 Å². The Morgan fingerprint density at radius 2 is 1.93 bits per heavy atom. The van der Waals surface area contributed by atoms with E-state index in [-0.39, 0.29) is 30.4 Å². The molecule has 1 atom stereocenters. The molecule has 2 aromatic carbocycles. The molecule has 3 rings (SSSR count). The van der Waals surface area contributed by atoms with Gasteiger partial charge in [0.2, 0.25) is 5.91 Å². The van der Waals surface area contributed by atoms with Crippen molar-refractivity contribution in [1.82, 2.24) is 10.6 Å². The second-order valence-corrected chi connectivity index (χ2v) is 6.42. The number of benzene rings is 2. The zero-order valence-corrected chi connectivity index (χ0v) is 14.6. The van der Waals surface area contributed by atoms with Gasteiger partial charge < -0.3 is 15.4 Å². The summed E-state index contributed by atoms with van der Waals surface area (Å²) in [7, 11) is 0. The predicted molar refractivity (Wildman–Crippen MR) is 95.4 cm³/mol. The van der Waals surface area contributed by atoms with Crippen LogP contribution >= 0.6 is 0 Å². The maximum Gasteiger partial charge on any atom is 0.254 e. The first-order valence-corrected chi connectivity index (χ1v) is 8.73. The van der Waals surface area contributed by atoms with E-state index in [1.807, 2.05) is 24.3 Å². The Balaban J connectivity index is 1.38. The molecule has 2 aromatic rings. The number of halogens is 2. The monoisotopic (exact) mass is 374 g/mol. The summed E-state index contributed by atoms with van der Waals surface area (Å²) in [6, 6.07) is 10.5. The average molecular weight is 374 g/mol. The lowest BCUT2D eigenvalue weighted by Crippen LogP contribution is -2.36. The van der Waals surface area contributed by atoms with E-state index in [0.717, 1.165) is 29.9 Å². The highest BCUT2D eigenvalue weighted by Gasteiger charge is 2.20. The first-order valence-electron chi connectivity index (χ1n) is 8.73. The van der Waals surface area contributed by atoms with Crippen LogP contribution in [0.1, 0.15) is 22.3 Å². The molecule has 0 fully saturated rings. The summed E-state index contributed by atoms with van der Waals surface area (Å²) in [6.45, 7) is 1.08. The van der Waals surface area contributed by atoms with E-state index in [0.29, 0.717) is 19.2 Å². The number of amides is 2. The minimum atomic E-state index is -0.936. The number of fused-ring (bicyclic) bond motifs is 1. The summed E-state index contributed by atoms with van der Waals surface area (Å²) >= 11 is 0. The standard InChI is InChI=1S/C20H20F2N2O3/c21-15-5-6-16(17(22)10-15)20(26)23-8-7-19(25)24-11-13-9-14-3-1-2-4-18(14)27-12-13/h1-6,10,13H,7-9,11-12H2,(H,23,26)(H,24,25). The SMILES string of the molecule is O=C(CCNC(=O)c1ccc(F)cc1F)NCC1COc2ccccc2C1. The van der Waals surface area contributed by atoms with Crippen molar-refractivity contribution in [3.05, 3.63) is 65.2 Å². The molecular weight excluding hydrogens is 354 g/mol. The lowest BCUT2D eigenvalue weighted by atomic mass is 9.97. The van der Waals surface area contributed by atoms with Crippen molar-refractivity contribution in [2.75, 3.05) is 19.7 Å². The molecule has 0 bridgehead atoms. The van der Waals surface area contributed by atoms with Crippen molar-refractivity contribution in [3.8, 4) is 5.75 Å². The highest BCUT2D eigenvalue weighted by atomic mass is 19.1. The molecule has 7 heteroatoms. The molecule has 2 amide bonds. The third-order valence-electron chi connectivity index (χ3n) is 4.36. The fourth-order valence-corrected chi connectivity index (χ4v) is 2.93. The molecule has 0 saturated carbocycles. The van der Waals surface area contributed by atoms with Gasteiger partial charge in [0, 0.05) is 31.5 Å². The fourth-order valence-electron chi connectivity index (χ4n) is 2.93. The summed E-state index contributed by atoms with van der Waals surface area (Å²) in [5.41, 5.74) is 0.867. The Bertz CT molecular complexity index is 842. The molecule has 2 N–H and O–H groups in total. The van der Waals surface area contributed by atoms with Gasteiger partial charge in [0.25, 0.3) is 5.91 Å². The molecule has 142 valence electrons. The number of ether oxygens (including phenoxy) is 1. The smallest absolute Gasteiger partial charge is 0.254 e. The van der Waals surface area contributed by atoms with Gasteiger partial charge in [-0.25, -0.2) is 8.78 Å². The van der Waals surface area contributed by atoms with Crippen molar-refractivity contribution in [3.63, 3.8) is 0 Å². The lowest BCUT2D eigenvalue weighted by Gasteiger charge is -2.25. The van der Waals surface area contributed by atoms with Gasteiger partial charge in [-0.3, -0.25) is 9.59 Å². The zero-order chi connectivity index (χ0) is 19.2. The molecule has 1 aliphatic rings. The van der Waals surface area contributed by atoms with Crippen LogP contribution in [0.3, 0.4) is 0 Å². The van der Waals surface area contributed by atoms with Gasteiger partial charge >= 0.3 is 0 Å². The zero-order valence-electron chi connectivity index (χ0n) is 14.6. The molecule has 0 radical (unpaired) electrons. The maximum atomic E-state index is 13.5. The van der Waals surface area contributed by atoms with Gasteiger partial charge in [-0.2, -0.15) is 0 Å². The summed E-state index contributed by atoms with van der Waals surface area (Å²) in [4.78, 5) is 23.8. The topological polar surface area (TPSA) is 67.4 Å².